The molecule has 2 heterocycles. The van der Waals surface area contributed by atoms with E-state index in [-0.39, 0.29) is 5.91 Å². The fourth-order valence-corrected chi connectivity index (χ4v) is 3.97. The van der Waals surface area contributed by atoms with Crippen LogP contribution < -0.4 is 14.8 Å². The summed E-state index contributed by atoms with van der Waals surface area (Å²) in [4.78, 5) is 12.8. The first kappa shape index (κ1) is 24.6. The number of fused-ring (bicyclic) bond motifs is 1. The highest BCUT2D eigenvalue weighted by molar-refractivity contribution is 6.34. The molecule has 4 rings (SSSR count). The van der Waals surface area contributed by atoms with Gasteiger partial charge in [0.15, 0.2) is 17.6 Å². The Bertz CT molecular complexity index is 1310. The number of hydrogen-bond donors (Lipinski definition) is 2. The Morgan fingerprint density at radius 2 is 1.91 bits per heavy atom. The predicted molar refractivity (Wildman–Crippen MR) is 137 cm³/mol. The van der Waals surface area contributed by atoms with E-state index in [0.29, 0.717) is 35.8 Å². The van der Waals surface area contributed by atoms with Crippen LogP contribution in [0.4, 0.5) is 5.69 Å². The van der Waals surface area contributed by atoms with Crippen LogP contribution in [0.15, 0.2) is 42.5 Å². The van der Waals surface area contributed by atoms with Gasteiger partial charge in [0.1, 0.15) is 16.5 Å². The number of hydrogen-bond acceptors (Lipinski definition) is 5. The van der Waals surface area contributed by atoms with Gasteiger partial charge >= 0.3 is 0 Å². The van der Waals surface area contributed by atoms with Crippen LogP contribution in [0.25, 0.3) is 5.65 Å². The number of aryl methyl sites for hydroxylation is 4. The number of amides is 1. The molecule has 1 amide bonds. The number of benzene rings is 2. The molecule has 9 heteroatoms. The van der Waals surface area contributed by atoms with E-state index in [9.17, 15) is 4.79 Å². The molecule has 0 aliphatic heterocycles. The molecule has 4 aromatic rings. The van der Waals surface area contributed by atoms with E-state index in [1.54, 1.807) is 0 Å². The zero-order valence-corrected chi connectivity index (χ0v) is 21.1. The first-order valence-electron chi connectivity index (χ1n) is 11.7. The fraction of sp³-hybridized carbons (Fsp3) is 0.346. The van der Waals surface area contributed by atoms with Crippen molar-refractivity contribution in [3.63, 3.8) is 0 Å². The molecule has 0 spiro atoms. The van der Waals surface area contributed by atoms with E-state index in [1.165, 1.54) is 0 Å². The molecule has 0 saturated carbocycles. The van der Waals surface area contributed by atoms with E-state index < -0.39 is 6.10 Å². The lowest BCUT2D eigenvalue weighted by Gasteiger charge is -2.19. The second-order valence-electron chi connectivity index (χ2n) is 8.58. The summed E-state index contributed by atoms with van der Waals surface area (Å²) in [5.41, 5.74) is 4.37. The number of anilines is 1. The van der Waals surface area contributed by atoms with Crippen LogP contribution in [0.5, 0.6) is 11.5 Å². The predicted octanol–water partition coefficient (Wildman–Crippen LogP) is 5.44. The molecule has 0 aliphatic carbocycles. The minimum absolute atomic E-state index is 0.180. The normalized spacial score (nSPS) is 12.0. The average Bonchev–Trinajstić information content (AvgIpc) is 3.36. The minimum atomic E-state index is -0.575. The van der Waals surface area contributed by atoms with Crippen molar-refractivity contribution >= 4 is 28.8 Å². The third kappa shape index (κ3) is 5.77. The highest BCUT2D eigenvalue weighted by Gasteiger charge is 2.19. The van der Waals surface area contributed by atoms with Crippen molar-refractivity contribution in [1.29, 1.82) is 0 Å². The maximum Gasteiger partial charge on any atom is 0.265 e. The Balaban J connectivity index is 1.26. The smallest absolute Gasteiger partial charge is 0.265 e. The molecule has 2 N–H and O–H groups in total. The van der Waals surface area contributed by atoms with Crippen molar-refractivity contribution < 1.29 is 14.3 Å². The van der Waals surface area contributed by atoms with Gasteiger partial charge in [-0.3, -0.25) is 9.89 Å². The summed E-state index contributed by atoms with van der Waals surface area (Å²) in [5.74, 6) is 2.08. The molecule has 35 heavy (non-hydrogen) atoms. The zero-order valence-electron chi connectivity index (χ0n) is 20.4. The second kappa shape index (κ2) is 10.8. The quantitative estimate of drug-likeness (QED) is 0.285. The van der Waals surface area contributed by atoms with Gasteiger partial charge in [0.25, 0.3) is 5.91 Å². The highest BCUT2D eigenvalue weighted by Crippen LogP contribution is 2.23. The number of ether oxygens (including phenoxy) is 2. The van der Waals surface area contributed by atoms with Crippen LogP contribution in [0.2, 0.25) is 5.02 Å². The largest absolute Gasteiger partial charge is 0.494 e. The average molecular weight is 496 g/mol. The number of rotatable bonds is 10. The molecule has 8 nitrogen and oxygen atoms in total. The first-order chi connectivity index (χ1) is 16.9. The fourth-order valence-electron chi connectivity index (χ4n) is 3.81. The van der Waals surface area contributed by atoms with Crippen molar-refractivity contribution in [3.8, 4) is 11.5 Å². The van der Waals surface area contributed by atoms with Gasteiger partial charge < -0.3 is 14.8 Å². The molecule has 1 unspecified atom stereocenters. The zero-order chi connectivity index (χ0) is 24.9. The van der Waals surface area contributed by atoms with Crippen molar-refractivity contribution in [1.82, 2.24) is 19.8 Å². The maximum atomic E-state index is 12.8. The van der Waals surface area contributed by atoms with E-state index >= 15 is 0 Å². The van der Waals surface area contributed by atoms with E-state index in [2.05, 4.69) is 20.6 Å². The van der Waals surface area contributed by atoms with Crippen molar-refractivity contribution in [2.24, 2.45) is 0 Å². The van der Waals surface area contributed by atoms with Gasteiger partial charge in [-0.15, -0.1) is 10.2 Å². The lowest BCUT2D eigenvalue weighted by molar-refractivity contribution is -0.122. The minimum Gasteiger partial charge on any atom is -0.494 e. The van der Waals surface area contributed by atoms with Crippen LogP contribution in [-0.2, 0) is 11.2 Å². The Kier molecular flexibility index (Phi) is 7.60. The van der Waals surface area contributed by atoms with Gasteiger partial charge in [-0.2, -0.15) is 0 Å². The van der Waals surface area contributed by atoms with E-state index in [0.717, 1.165) is 40.6 Å². The summed E-state index contributed by atoms with van der Waals surface area (Å²) in [6, 6.07) is 13.3. The van der Waals surface area contributed by atoms with Crippen molar-refractivity contribution in [2.75, 3.05) is 11.9 Å². The lowest BCUT2D eigenvalue weighted by atomic mass is 10.1. The van der Waals surface area contributed by atoms with Crippen molar-refractivity contribution in [3.05, 3.63) is 70.1 Å². The summed E-state index contributed by atoms with van der Waals surface area (Å²) in [5, 5.41) is 15.0. The molecule has 2 aromatic heterocycles. The summed E-state index contributed by atoms with van der Waals surface area (Å²) < 4.78 is 13.6. The van der Waals surface area contributed by atoms with Gasteiger partial charge in [-0.1, -0.05) is 36.2 Å². The van der Waals surface area contributed by atoms with Crippen LogP contribution in [0.1, 0.15) is 42.4 Å². The van der Waals surface area contributed by atoms with Crippen molar-refractivity contribution in [2.45, 2.75) is 53.1 Å². The van der Waals surface area contributed by atoms with Gasteiger partial charge in [0.2, 0.25) is 0 Å². The third-order valence-corrected chi connectivity index (χ3v) is 6.19. The summed E-state index contributed by atoms with van der Waals surface area (Å²) >= 11 is 6.20. The number of H-pyrrole nitrogens is 1. The van der Waals surface area contributed by atoms with E-state index in [1.807, 2.05) is 74.7 Å². The summed E-state index contributed by atoms with van der Waals surface area (Å²) in [6.45, 7) is 8.37. The topological polar surface area (TPSA) is 93.5 Å². The monoisotopic (exact) mass is 495 g/mol. The second-order valence-corrected chi connectivity index (χ2v) is 8.95. The molecule has 2 aromatic carbocycles. The highest BCUT2D eigenvalue weighted by atomic mass is 35.5. The summed E-state index contributed by atoms with van der Waals surface area (Å²) in [6.07, 6.45) is 1.45. The third-order valence-electron chi connectivity index (χ3n) is 5.73. The molecular weight excluding hydrogens is 466 g/mol. The van der Waals surface area contributed by atoms with Gasteiger partial charge in [-0.25, -0.2) is 4.52 Å². The van der Waals surface area contributed by atoms with Crippen LogP contribution in [0.3, 0.4) is 0 Å². The van der Waals surface area contributed by atoms with E-state index in [4.69, 9.17) is 21.1 Å². The van der Waals surface area contributed by atoms with Gasteiger partial charge in [0.05, 0.1) is 12.3 Å². The number of halogens is 1. The number of aromatic amines is 1. The Morgan fingerprint density at radius 1 is 1.14 bits per heavy atom. The molecular formula is C26H30ClN5O3. The van der Waals surface area contributed by atoms with Gasteiger partial charge in [-0.05, 0) is 69.5 Å². The molecule has 184 valence electrons. The van der Waals surface area contributed by atoms with Crippen LogP contribution in [-0.4, -0.2) is 38.4 Å². The first-order valence-corrected chi connectivity index (χ1v) is 12.1. The number of nitrogens with zero attached hydrogens (tertiary/aromatic N) is 3. The summed E-state index contributed by atoms with van der Waals surface area (Å²) in [7, 11) is 0. The van der Waals surface area contributed by atoms with Crippen LogP contribution >= 0.6 is 11.6 Å². The SMILES string of the molecule is CCC(Oc1ccc(C)cc1C)C(=O)Nc1ccc(OCCCc2nnc3c(Cl)c(C)[nH]n23)cc1. The molecule has 1 atom stereocenters. The maximum absolute atomic E-state index is 12.8. The number of nitrogens with one attached hydrogen (secondary N) is 2. The number of carbonyl (C=O) groups excluding carboxylic acids is 1. The lowest BCUT2D eigenvalue weighted by Crippen LogP contribution is -2.32. The molecule has 0 radical (unpaired) electrons. The number of carbonyl (C=O) groups is 1. The molecule has 0 aliphatic rings. The molecule has 0 saturated heterocycles. The Hall–Kier alpha value is -3.52. The Morgan fingerprint density at radius 3 is 2.63 bits per heavy atom. The Labute approximate surface area is 209 Å². The molecule has 0 fully saturated rings. The standard InChI is InChI=1S/C26H30ClN5O3/c1-5-21(35-22-13-8-16(2)15-17(22)3)26(33)28-19-9-11-20(12-10-19)34-14-6-7-23-29-30-25-24(27)18(4)31-32(23)25/h8-13,15,21,31H,5-7,14H2,1-4H3,(H,28,33). The molecule has 0 bridgehead atoms. The van der Waals surface area contributed by atoms with Crippen LogP contribution in [0, 0.1) is 20.8 Å². The van der Waals surface area contributed by atoms with Gasteiger partial charge in [0, 0.05) is 12.1 Å². The number of aromatic nitrogens is 4.